The average molecular weight is 388 g/mol. The van der Waals surface area contributed by atoms with Crippen LogP contribution in [0.4, 0.5) is 0 Å². The normalized spacial score (nSPS) is 17.8. The Morgan fingerprint density at radius 3 is 2.79 bits per heavy atom. The van der Waals surface area contributed by atoms with Gasteiger partial charge in [-0.2, -0.15) is 0 Å². The zero-order valence-corrected chi connectivity index (χ0v) is 16.7. The topological polar surface area (TPSA) is 72.0 Å². The molecule has 1 atom stereocenters. The number of fused-ring (bicyclic) bond motifs is 1. The molecule has 1 aromatic carbocycles. The van der Waals surface area contributed by atoms with Crippen molar-refractivity contribution in [1.29, 1.82) is 0 Å². The van der Waals surface area contributed by atoms with Crippen molar-refractivity contribution in [3.05, 3.63) is 72.0 Å². The second kappa shape index (κ2) is 7.42. The highest BCUT2D eigenvalue weighted by atomic mass is 16.3. The summed E-state index contributed by atoms with van der Waals surface area (Å²) < 4.78 is 7.22. The minimum Gasteiger partial charge on any atom is -0.471 e. The van der Waals surface area contributed by atoms with E-state index in [1.807, 2.05) is 42.6 Å². The molecule has 5 rings (SSSR count). The summed E-state index contributed by atoms with van der Waals surface area (Å²) in [5.74, 6) is 0.650. The van der Waals surface area contributed by atoms with Gasteiger partial charge < -0.3 is 9.73 Å². The lowest BCUT2D eigenvalue weighted by molar-refractivity contribution is 0.192. The van der Waals surface area contributed by atoms with E-state index in [1.165, 1.54) is 16.5 Å². The minimum absolute atomic E-state index is 0.303. The van der Waals surface area contributed by atoms with E-state index in [9.17, 15) is 0 Å². The molecule has 1 saturated heterocycles. The Bertz CT molecular complexity index is 1130. The molecule has 148 valence electrons. The third-order valence-electron chi connectivity index (χ3n) is 5.65. The van der Waals surface area contributed by atoms with Gasteiger partial charge in [-0.15, -0.1) is 0 Å². The van der Waals surface area contributed by atoms with E-state index in [0.29, 0.717) is 12.0 Å². The number of furan rings is 1. The van der Waals surface area contributed by atoms with Crippen LogP contribution in [0.2, 0.25) is 0 Å². The minimum atomic E-state index is 0.303. The molecule has 1 aliphatic heterocycles. The number of nitrogens with one attached hydrogen (secondary N) is 1. The summed E-state index contributed by atoms with van der Waals surface area (Å²) in [4.78, 5) is 15.7. The third-order valence-corrected chi connectivity index (χ3v) is 5.65. The summed E-state index contributed by atoms with van der Waals surface area (Å²) in [7, 11) is 0. The number of benzene rings is 1. The Labute approximate surface area is 169 Å². The van der Waals surface area contributed by atoms with Gasteiger partial charge >= 0.3 is 0 Å². The molecule has 4 aromatic rings. The van der Waals surface area contributed by atoms with Gasteiger partial charge in [0.05, 0.1) is 18.2 Å². The maximum Gasteiger partial charge on any atom is 0.234 e. The second-order valence-corrected chi connectivity index (χ2v) is 7.71. The lowest BCUT2D eigenvalue weighted by Gasteiger charge is -2.34. The molecule has 0 bridgehead atoms. The van der Waals surface area contributed by atoms with Gasteiger partial charge in [0.2, 0.25) is 5.95 Å². The van der Waals surface area contributed by atoms with Gasteiger partial charge in [0.25, 0.3) is 0 Å². The summed E-state index contributed by atoms with van der Waals surface area (Å²) in [6.45, 7) is 7.89. The number of aryl methyl sites for hydroxylation is 2. The van der Waals surface area contributed by atoms with Crippen LogP contribution in [0.3, 0.4) is 0 Å². The highest BCUT2D eigenvalue weighted by molar-refractivity contribution is 5.85. The van der Waals surface area contributed by atoms with Gasteiger partial charge in [0.1, 0.15) is 6.33 Å². The third kappa shape index (κ3) is 3.54. The van der Waals surface area contributed by atoms with Gasteiger partial charge in [-0.05, 0) is 25.0 Å². The predicted molar refractivity (Wildman–Crippen MR) is 111 cm³/mol. The van der Waals surface area contributed by atoms with E-state index >= 15 is 0 Å². The average Bonchev–Trinajstić information content (AvgIpc) is 3.39. The molecular weight excluding hydrogens is 364 g/mol. The lowest BCUT2D eigenvalue weighted by atomic mass is 9.96. The fraction of sp³-hybridized carbons (Fsp3) is 0.318. The van der Waals surface area contributed by atoms with Gasteiger partial charge in [-0.1, -0.05) is 12.1 Å². The van der Waals surface area contributed by atoms with Crippen molar-refractivity contribution in [2.24, 2.45) is 0 Å². The van der Waals surface area contributed by atoms with Crippen molar-refractivity contribution in [3.63, 3.8) is 0 Å². The molecule has 7 nitrogen and oxygen atoms in total. The quantitative estimate of drug-likeness (QED) is 0.579. The van der Waals surface area contributed by atoms with Crippen LogP contribution in [0, 0.1) is 13.8 Å². The number of piperazine rings is 1. The van der Waals surface area contributed by atoms with Crippen molar-refractivity contribution in [2.75, 3.05) is 19.6 Å². The monoisotopic (exact) mass is 388 g/mol. The summed E-state index contributed by atoms with van der Waals surface area (Å²) in [5, 5.41) is 6.02. The van der Waals surface area contributed by atoms with E-state index < -0.39 is 0 Å². The van der Waals surface area contributed by atoms with Crippen LogP contribution < -0.4 is 5.32 Å². The highest BCUT2D eigenvalue weighted by Crippen LogP contribution is 2.28. The fourth-order valence-electron chi connectivity index (χ4n) is 4.09. The molecule has 0 saturated carbocycles. The first-order chi connectivity index (χ1) is 14.2. The molecule has 4 heterocycles. The van der Waals surface area contributed by atoms with Gasteiger partial charge in [-0.3, -0.25) is 9.47 Å². The van der Waals surface area contributed by atoms with Crippen LogP contribution in [-0.2, 0) is 6.54 Å². The van der Waals surface area contributed by atoms with Crippen LogP contribution in [0.25, 0.3) is 16.7 Å². The molecule has 0 amide bonds. The molecule has 1 aliphatic rings. The number of hydrogen-bond acceptors (Lipinski definition) is 6. The predicted octanol–water partition coefficient (Wildman–Crippen LogP) is 3.17. The number of hydrogen-bond donors (Lipinski definition) is 1. The summed E-state index contributed by atoms with van der Waals surface area (Å²) in [6.07, 6.45) is 11.1. The van der Waals surface area contributed by atoms with Crippen LogP contribution in [0.15, 0.2) is 54.0 Å². The van der Waals surface area contributed by atoms with Crippen LogP contribution in [0.1, 0.15) is 28.4 Å². The number of nitrogens with zero attached hydrogens (tertiary/aromatic N) is 5. The van der Waals surface area contributed by atoms with E-state index in [0.717, 1.165) is 42.8 Å². The Kier molecular flexibility index (Phi) is 4.61. The smallest absolute Gasteiger partial charge is 0.234 e. The zero-order chi connectivity index (χ0) is 19.8. The molecule has 0 radical (unpaired) electrons. The van der Waals surface area contributed by atoms with E-state index in [-0.39, 0.29) is 0 Å². The highest BCUT2D eigenvalue weighted by Gasteiger charge is 2.23. The van der Waals surface area contributed by atoms with Gasteiger partial charge in [0, 0.05) is 67.1 Å². The fourth-order valence-corrected chi connectivity index (χ4v) is 4.09. The Morgan fingerprint density at radius 1 is 1.14 bits per heavy atom. The molecule has 7 heteroatoms. The Morgan fingerprint density at radius 2 is 2.00 bits per heavy atom. The Hall–Kier alpha value is -3.03. The van der Waals surface area contributed by atoms with Crippen molar-refractivity contribution < 1.29 is 4.42 Å². The molecule has 1 N–H and O–H groups in total. The SMILES string of the molecule is Cc1cn(-c2ncc(CN3CCNC(c4ccc5cocc5c4C)C3)cn2)cn1. The van der Waals surface area contributed by atoms with Crippen molar-refractivity contribution in [2.45, 2.75) is 26.4 Å². The first kappa shape index (κ1) is 18.0. The van der Waals surface area contributed by atoms with Crippen molar-refractivity contribution >= 4 is 10.8 Å². The van der Waals surface area contributed by atoms with Crippen LogP contribution in [-0.4, -0.2) is 44.1 Å². The molecule has 1 fully saturated rings. The summed E-state index contributed by atoms with van der Waals surface area (Å²) in [5.41, 5.74) is 4.70. The molecule has 0 aliphatic carbocycles. The van der Waals surface area contributed by atoms with E-state index in [1.54, 1.807) is 6.33 Å². The van der Waals surface area contributed by atoms with Gasteiger partial charge in [-0.25, -0.2) is 15.0 Å². The van der Waals surface area contributed by atoms with Gasteiger partial charge in [0.15, 0.2) is 0 Å². The molecule has 0 spiro atoms. The Balaban J connectivity index is 1.30. The molecule has 1 unspecified atom stereocenters. The first-order valence-electron chi connectivity index (χ1n) is 9.90. The van der Waals surface area contributed by atoms with Crippen LogP contribution in [0.5, 0.6) is 0 Å². The van der Waals surface area contributed by atoms with Crippen molar-refractivity contribution in [3.8, 4) is 5.95 Å². The number of aromatic nitrogens is 4. The molecular formula is C22H24N6O. The second-order valence-electron chi connectivity index (χ2n) is 7.71. The number of rotatable bonds is 4. The van der Waals surface area contributed by atoms with E-state index in [2.05, 4.69) is 44.2 Å². The molecule has 3 aromatic heterocycles. The summed E-state index contributed by atoms with van der Waals surface area (Å²) in [6, 6.07) is 4.67. The standard InChI is InChI=1S/C22H24N6O/c1-15-9-28(14-26-15)22-24-7-17(8-25-22)10-27-6-5-23-21(11-27)19-4-3-18-12-29-13-20(18)16(19)2/h3-4,7-9,12-14,21,23H,5-6,10-11H2,1-2H3. The molecule has 29 heavy (non-hydrogen) atoms. The summed E-state index contributed by atoms with van der Waals surface area (Å²) >= 11 is 0. The maximum absolute atomic E-state index is 5.38. The van der Waals surface area contributed by atoms with E-state index in [4.69, 9.17) is 4.42 Å². The van der Waals surface area contributed by atoms with Crippen LogP contribution >= 0.6 is 0 Å². The number of imidazole rings is 1. The van der Waals surface area contributed by atoms with Crippen molar-refractivity contribution in [1.82, 2.24) is 29.7 Å². The zero-order valence-electron chi connectivity index (χ0n) is 16.7. The largest absolute Gasteiger partial charge is 0.471 e. The first-order valence-corrected chi connectivity index (χ1v) is 9.90. The lowest BCUT2D eigenvalue weighted by Crippen LogP contribution is -2.45. The maximum atomic E-state index is 5.38.